The summed E-state index contributed by atoms with van der Waals surface area (Å²) in [5.41, 5.74) is 2.06. The van der Waals surface area contributed by atoms with E-state index in [2.05, 4.69) is 10.2 Å². The fourth-order valence-corrected chi connectivity index (χ4v) is 5.12. The third-order valence-corrected chi connectivity index (χ3v) is 7.29. The predicted octanol–water partition coefficient (Wildman–Crippen LogP) is 3.04. The lowest BCUT2D eigenvalue weighted by Crippen LogP contribution is -2.53. The lowest BCUT2D eigenvalue weighted by molar-refractivity contribution is -0.139. The van der Waals surface area contributed by atoms with Crippen molar-refractivity contribution in [3.05, 3.63) is 69.9 Å². The first-order valence-corrected chi connectivity index (χ1v) is 12.8. The summed E-state index contributed by atoms with van der Waals surface area (Å²) in [5.74, 6) is 0.616. The fraction of sp³-hybridized carbons (Fsp3) is 0.370. The molecule has 3 aliphatic heterocycles. The van der Waals surface area contributed by atoms with Crippen LogP contribution in [0.15, 0.2) is 53.7 Å². The maximum absolute atomic E-state index is 13.2. The highest BCUT2D eigenvalue weighted by molar-refractivity contribution is 6.31. The van der Waals surface area contributed by atoms with Gasteiger partial charge in [0, 0.05) is 56.1 Å². The molecule has 38 heavy (non-hydrogen) atoms. The summed E-state index contributed by atoms with van der Waals surface area (Å²) in [6.07, 6.45) is 0. The highest BCUT2D eigenvalue weighted by Crippen LogP contribution is 2.35. The van der Waals surface area contributed by atoms with E-state index >= 15 is 0 Å². The van der Waals surface area contributed by atoms with E-state index < -0.39 is 12.0 Å². The van der Waals surface area contributed by atoms with Crippen molar-refractivity contribution in [3.63, 3.8) is 0 Å². The first-order chi connectivity index (χ1) is 18.4. The van der Waals surface area contributed by atoms with Crippen molar-refractivity contribution in [2.45, 2.75) is 13.0 Å². The minimum atomic E-state index is -0.740. The molecule has 0 aliphatic carbocycles. The molecule has 3 amide bonds. The number of hydrogen-bond acceptors (Lipinski definition) is 7. The van der Waals surface area contributed by atoms with Gasteiger partial charge in [-0.05, 0) is 36.8 Å². The normalized spacial score (nSPS) is 19.4. The summed E-state index contributed by atoms with van der Waals surface area (Å²) >= 11 is 6.45. The molecule has 10 nitrogen and oxygen atoms in total. The van der Waals surface area contributed by atoms with Gasteiger partial charge in [0.1, 0.15) is 0 Å². The molecule has 0 bridgehead atoms. The van der Waals surface area contributed by atoms with Crippen LogP contribution in [-0.2, 0) is 9.53 Å². The van der Waals surface area contributed by atoms with E-state index in [0.717, 1.165) is 0 Å². The second-order valence-corrected chi connectivity index (χ2v) is 9.59. The molecule has 0 spiro atoms. The van der Waals surface area contributed by atoms with Crippen LogP contribution in [0, 0.1) is 0 Å². The van der Waals surface area contributed by atoms with Gasteiger partial charge in [-0.25, -0.2) is 9.59 Å². The lowest BCUT2D eigenvalue weighted by atomic mass is 9.94. The first kappa shape index (κ1) is 25.9. The van der Waals surface area contributed by atoms with Crippen LogP contribution < -0.4 is 14.8 Å². The number of rotatable bonds is 6. The molecular weight excluding hydrogens is 512 g/mol. The fourth-order valence-electron chi connectivity index (χ4n) is 4.87. The molecule has 1 N–H and O–H groups in total. The van der Waals surface area contributed by atoms with Gasteiger partial charge in [0.15, 0.2) is 11.5 Å². The summed E-state index contributed by atoms with van der Waals surface area (Å²) in [7, 11) is 1.63. The monoisotopic (exact) mass is 540 g/mol. The van der Waals surface area contributed by atoms with Crippen LogP contribution in [-0.4, -0.2) is 85.8 Å². The van der Waals surface area contributed by atoms with Gasteiger partial charge in [0.25, 0.3) is 5.91 Å². The Labute approximate surface area is 225 Å². The Hall–Kier alpha value is -3.76. The van der Waals surface area contributed by atoms with Gasteiger partial charge < -0.3 is 24.4 Å². The molecule has 1 fully saturated rings. The lowest BCUT2D eigenvalue weighted by Gasteiger charge is -2.39. The van der Waals surface area contributed by atoms with Crippen molar-refractivity contribution in [1.82, 2.24) is 20.0 Å². The van der Waals surface area contributed by atoms with Crippen molar-refractivity contribution < 1.29 is 28.6 Å². The smallest absolute Gasteiger partial charge is 0.338 e. The second-order valence-electron chi connectivity index (χ2n) is 9.18. The third kappa shape index (κ3) is 5.01. The molecule has 2 aromatic rings. The molecule has 0 aromatic heterocycles. The summed E-state index contributed by atoms with van der Waals surface area (Å²) < 4.78 is 16.1. The van der Waals surface area contributed by atoms with E-state index in [-0.39, 0.29) is 25.3 Å². The molecule has 11 heteroatoms. The van der Waals surface area contributed by atoms with Gasteiger partial charge >= 0.3 is 12.0 Å². The number of nitrogens with zero attached hydrogens (tertiary/aromatic N) is 3. The average molecular weight is 541 g/mol. The minimum Gasteiger partial charge on any atom is -0.463 e. The third-order valence-electron chi connectivity index (χ3n) is 6.94. The second kappa shape index (κ2) is 10.9. The summed E-state index contributed by atoms with van der Waals surface area (Å²) in [6.45, 7) is 4.57. The Balaban J connectivity index is 1.35. The number of piperazine rings is 1. The number of benzene rings is 2. The van der Waals surface area contributed by atoms with Crippen LogP contribution >= 0.6 is 11.6 Å². The number of esters is 1. The van der Waals surface area contributed by atoms with E-state index in [0.29, 0.717) is 71.6 Å². The Morgan fingerprint density at radius 3 is 2.55 bits per heavy atom. The summed E-state index contributed by atoms with van der Waals surface area (Å²) in [5, 5.41) is 3.33. The molecule has 3 heterocycles. The highest BCUT2D eigenvalue weighted by atomic mass is 35.5. The van der Waals surface area contributed by atoms with Crippen LogP contribution in [0.1, 0.15) is 28.9 Å². The van der Waals surface area contributed by atoms with E-state index in [1.165, 1.54) is 4.90 Å². The summed E-state index contributed by atoms with van der Waals surface area (Å²) in [4.78, 5) is 44.6. The molecule has 5 rings (SSSR count). The largest absolute Gasteiger partial charge is 0.463 e. The van der Waals surface area contributed by atoms with Gasteiger partial charge in [0.2, 0.25) is 6.79 Å². The molecule has 3 aliphatic rings. The number of carbonyl (C=O) groups excluding carboxylic acids is 3. The molecular formula is C27H29ClN4O6. The number of carbonyl (C=O) groups is 3. The Morgan fingerprint density at radius 2 is 1.82 bits per heavy atom. The topological polar surface area (TPSA) is 101 Å². The van der Waals surface area contributed by atoms with Crippen molar-refractivity contribution >= 4 is 29.5 Å². The predicted molar refractivity (Wildman–Crippen MR) is 139 cm³/mol. The highest BCUT2D eigenvalue weighted by Gasteiger charge is 2.38. The van der Waals surface area contributed by atoms with Gasteiger partial charge in [-0.1, -0.05) is 29.8 Å². The zero-order chi connectivity index (χ0) is 26.8. The summed E-state index contributed by atoms with van der Waals surface area (Å²) in [6, 6.07) is 11.2. The zero-order valence-corrected chi connectivity index (χ0v) is 22.0. The molecule has 0 saturated carbocycles. The minimum absolute atomic E-state index is 0.0812. The first-order valence-electron chi connectivity index (χ1n) is 12.5. The molecule has 200 valence electrons. The number of urea groups is 1. The number of likely N-dealkylation sites (N-methyl/N-ethyl adjacent to an activating group) is 1. The zero-order valence-electron chi connectivity index (χ0n) is 21.2. The van der Waals surface area contributed by atoms with Crippen molar-refractivity contribution in [1.29, 1.82) is 0 Å². The van der Waals surface area contributed by atoms with E-state index in [4.69, 9.17) is 25.8 Å². The van der Waals surface area contributed by atoms with Gasteiger partial charge in [-0.3, -0.25) is 14.6 Å². The maximum atomic E-state index is 13.2. The number of amides is 3. The van der Waals surface area contributed by atoms with Crippen molar-refractivity contribution in [2.75, 3.05) is 53.2 Å². The SMILES string of the molecule is CCOC(=O)C1=C(CN2CCN(C(=O)c3ccc4c(c3)OCO4)CC2)N(C)C(=O)NC1c1ccccc1Cl. The Bertz CT molecular complexity index is 1290. The molecule has 1 saturated heterocycles. The van der Waals surface area contributed by atoms with Gasteiger partial charge in [0.05, 0.1) is 18.2 Å². The van der Waals surface area contributed by atoms with Crippen LogP contribution in [0.5, 0.6) is 11.5 Å². The average Bonchev–Trinajstić information content (AvgIpc) is 3.40. The molecule has 0 radical (unpaired) electrons. The van der Waals surface area contributed by atoms with Crippen LogP contribution in [0.3, 0.4) is 0 Å². The standard InChI is InChI=1S/C27H29ClN4O6/c1-3-36-26(34)23-20(30(2)27(35)29-24(23)18-6-4-5-7-19(18)28)15-31-10-12-32(13-11-31)25(33)17-8-9-21-22(14-17)38-16-37-21/h4-9,14,24H,3,10-13,15-16H2,1-2H3,(H,29,35). The number of ether oxygens (including phenoxy) is 3. The number of nitrogens with one attached hydrogen (secondary N) is 1. The molecule has 1 unspecified atom stereocenters. The quantitative estimate of drug-likeness (QED) is 0.562. The van der Waals surface area contributed by atoms with E-state index in [1.54, 1.807) is 55.3 Å². The Kier molecular flexibility index (Phi) is 7.44. The van der Waals surface area contributed by atoms with Crippen LogP contribution in [0.2, 0.25) is 5.02 Å². The van der Waals surface area contributed by atoms with Gasteiger partial charge in [-0.2, -0.15) is 0 Å². The van der Waals surface area contributed by atoms with E-state index in [9.17, 15) is 14.4 Å². The van der Waals surface area contributed by atoms with Gasteiger partial charge in [-0.15, -0.1) is 0 Å². The maximum Gasteiger partial charge on any atom is 0.338 e. The number of hydrogen-bond donors (Lipinski definition) is 1. The van der Waals surface area contributed by atoms with Crippen LogP contribution in [0.4, 0.5) is 4.79 Å². The molecule has 1 atom stereocenters. The van der Waals surface area contributed by atoms with Crippen molar-refractivity contribution in [3.8, 4) is 11.5 Å². The van der Waals surface area contributed by atoms with E-state index in [1.807, 2.05) is 6.07 Å². The number of halogens is 1. The Morgan fingerprint density at radius 1 is 1.08 bits per heavy atom. The number of fused-ring (bicyclic) bond motifs is 1. The van der Waals surface area contributed by atoms with Crippen LogP contribution in [0.25, 0.3) is 0 Å². The van der Waals surface area contributed by atoms with Crippen molar-refractivity contribution in [2.24, 2.45) is 0 Å². The molecule has 2 aromatic carbocycles.